The molecule has 1 aliphatic heterocycles. The highest BCUT2D eigenvalue weighted by molar-refractivity contribution is 6.07. The number of carbonyl (C=O) groups is 3. The van der Waals surface area contributed by atoms with E-state index in [4.69, 9.17) is 4.74 Å². The molecule has 2 aromatic rings. The van der Waals surface area contributed by atoms with Crippen molar-refractivity contribution in [2.24, 2.45) is 0 Å². The van der Waals surface area contributed by atoms with Crippen molar-refractivity contribution in [1.29, 1.82) is 0 Å². The zero-order chi connectivity index (χ0) is 19.2. The summed E-state index contributed by atoms with van der Waals surface area (Å²) in [6.45, 7) is 2.36. The summed E-state index contributed by atoms with van der Waals surface area (Å²) in [5.41, 5.74) is 3.00. The van der Waals surface area contributed by atoms with Crippen molar-refractivity contribution in [3.8, 4) is 0 Å². The summed E-state index contributed by atoms with van der Waals surface area (Å²) < 4.78 is 4.76. The standard InChI is InChI=1S/C20H21N3O4/c1-2-27-18(24)13-21-20(26)22-16-9-8-14-10-11-23(17(14)12-16)19(25)15-6-4-3-5-7-15/h3-9,12H,2,10-11,13H2,1H3,(H2,21,22,26). The van der Waals surface area contributed by atoms with E-state index in [1.807, 2.05) is 24.3 Å². The van der Waals surface area contributed by atoms with Crippen LogP contribution in [0.3, 0.4) is 0 Å². The molecule has 0 spiro atoms. The van der Waals surface area contributed by atoms with E-state index in [0.29, 0.717) is 17.8 Å². The molecule has 27 heavy (non-hydrogen) atoms. The van der Waals surface area contributed by atoms with Crippen LogP contribution in [0, 0.1) is 0 Å². The number of carbonyl (C=O) groups excluding carboxylic acids is 3. The molecule has 1 heterocycles. The van der Waals surface area contributed by atoms with Gasteiger partial charge in [0.15, 0.2) is 0 Å². The normalized spacial score (nSPS) is 12.3. The predicted molar refractivity (Wildman–Crippen MR) is 102 cm³/mol. The van der Waals surface area contributed by atoms with Crippen molar-refractivity contribution < 1.29 is 19.1 Å². The minimum atomic E-state index is -0.512. The molecule has 0 aliphatic carbocycles. The summed E-state index contributed by atoms with van der Waals surface area (Å²) in [5.74, 6) is -0.570. The van der Waals surface area contributed by atoms with Gasteiger partial charge < -0.3 is 20.3 Å². The first kappa shape index (κ1) is 18.4. The van der Waals surface area contributed by atoms with E-state index in [2.05, 4.69) is 10.6 Å². The number of ether oxygens (including phenoxy) is 1. The predicted octanol–water partition coefficient (Wildman–Crippen LogP) is 2.57. The third kappa shape index (κ3) is 4.44. The van der Waals surface area contributed by atoms with Gasteiger partial charge in [0.2, 0.25) is 0 Å². The van der Waals surface area contributed by atoms with Gasteiger partial charge in [-0.25, -0.2) is 4.79 Å². The van der Waals surface area contributed by atoms with E-state index in [1.165, 1.54) is 0 Å². The van der Waals surface area contributed by atoms with Crippen LogP contribution < -0.4 is 15.5 Å². The molecule has 0 radical (unpaired) electrons. The molecule has 140 valence electrons. The summed E-state index contributed by atoms with van der Waals surface area (Å²) in [6.07, 6.45) is 0.767. The van der Waals surface area contributed by atoms with Crippen molar-refractivity contribution in [2.75, 3.05) is 29.9 Å². The van der Waals surface area contributed by atoms with E-state index in [-0.39, 0.29) is 19.1 Å². The number of rotatable bonds is 5. The number of anilines is 2. The molecule has 0 unspecified atom stereocenters. The van der Waals surface area contributed by atoms with Gasteiger partial charge in [0.1, 0.15) is 6.54 Å². The third-order valence-electron chi connectivity index (χ3n) is 4.20. The van der Waals surface area contributed by atoms with Crippen molar-refractivity contribution in [3.63, 3.8) is 0 Å². The van der Waals surface area contributed by atoms with Crippen molar-refractivity contribution in [3.05, 3.63) is 59.7 Å². The van der Waals surface area contributed by atoms with Crippen LogP contribution in [0.5, 0.6) is 0 Å². The molecule has 0 atom stereocenters. The molecule has 7 nitrogen and oxygen atoms in total. The Kier molecular flexibility index (Phi) is 5.71. The van der Waals surface area contributed by atoms with Gasteiger partial charge in [-0.3, -0.25) is 9.59 Å². The zero-order valence-corrected chi connectivity index (χ0v) is 15.0. The fourth-order valence-corrected chi connectivity index (χ4v) is 2.94. The monoisotopic (exact) mass is 367 g/mol. The van der Waals surface area contributed by atoms with E-state index in [9.17, 15) is 14.4 Å². The van der Waals surface area contributed by atoms with Gasteiger partial charge in [-0.2, -0.15) is 0 Å². The van der Waals surface area contributed by atoms with Crippen LogP contribution in [0.1, 0.15) is 22.8 Å². The van der Waals surface area contributed by atoms with Gasteiger partial charge in [-0.05, 0) is 43.2 Å². The summed E-state index contributed by atoms with van der Waals surface area (Å²) in [5, 5.41) is 5.11. The van der Waals surface area contributed by atoms with Gasteiger partial charge in [-0.1, -0.05) is 24.3 Å². The SMILES string of the molecule is CCOC(=O)CNC(=O)Nc1ccc2c(c1)N(C(=O)c1ccccc1)CC2. The molecular weight excluding hydrogens is 346 g/mol. The lowest BCUT2D eigenvalue weighted by Crippen LogP contribution is -2.34. The Morgan fingerprint density at radius 2 is 1.89 bits per heavy atom. The molecule has 3 amide bonds. The Hall–Kier alpha value is -3.35. The number of hydrogen-bond acceptors (Lipinski definition) is 4. The summed E-state index contributed by atoms with van der Waals surface area (Å²) in [6, 6.07) is 14.0. The number of benzene rings is 2. The Bertz CT molecular complexity index is 852. The number of nitrogens with zero attached hydrogens (tertiary/aromatic N) is 1. The topological polar surface area (TPSA) is 87.7 Å². The molecule has 7 heteroatoms. The number of fused-ring (bicyclic) bond motifs is 1. The lowest BCUT2D eigenvalue weighted by atomic mass is 10.1. The van der Waals surface area contributed by atoms with Crippen LogP contribution in [0.25, 0.3) is 0 Å². The number of esters is 1. The summed E-state index contributed by atoms with van der Waals surface area (Å²) in [7, 11) is 0. The van der Waals surface area contributed by atoms with Gasteiger partial charge in [-0.15, -0.1) is 0 Å². The van der Waals surface area contributed by atoms with E-state index < -0.39 is 12.0 Å². The van der Waals surface area contributed by atoms with Gasteiger partial charge in [0.25, 0.3) is 5.91 Å². The highest BCUT2D eigenvalue weighted by atomic mass is 16.5. The van der Waals surface area contributed by atoms with E-state index in [1.54, 1.807) is 36.1 Å². The molecule has 2 aromatic carbocycles. The second-order valence-corrected chi connectivity index (χ2v) is 6.03. The largest absolute Gasteiger partial charge is 0.465 e. The smallest absolute Gasteiger partial charge is 0.325 e. The molecule has 1 aliphatic rings. The maximum Gasteiger partial charge on any atom is 0.325 e. The van der Waals surface area contributed by atoms with Crippen LogP contribution in [0.2, 0.25) is 0 Å². The van der Waals surface area contributed by atoms with Crippen LogP contribution in [-0.2, 0) is 16.0 Å². The van der Waals surface area contributed by atoms with Crippen LogP contribution in [0.4, 0.5) is 16.2 Å². The highest BCUT2D eigenvalue weighted by Crippen LogP contribution is 2.32. The summed E-state index contributed by atoms with van der Waals surface area (Å²) >= 11 is 0. The molecule has 0 bridgehead atoms. The van der Waals surface area contributed by atoms with Crippen LogP contribution in [-0.4, -0.2) is 37.6 Å². The molecule has 0 fully saturated rings. The highest BCUT2D eigenvalue weighted by Gasteiger charge is 2.25. The van der Waals surface area contributed by atoms with Crippen molar-refractivity contribution in [1.82, 2.24) is 5.32 Å². The number of nitrogens with one attached hydrogen (secondary N) is 2. The Morgan fingerprint density at radius 3 is 2.63 bits per heavy atom. The third-order valence-corrected chi connectivity index (χ3v) is 4.20. The molecular formula is C20H21N3O4. The quantitative estimate of drug-likeness (QED) is 0.795. The summed E-state index contributed by atoms with van der Waals surface area (Å²) in [4.78, 5) is 37.7. The van der Waals surface area contributed by atoms with Crippen molar-refractivity contribution >= 4 is 29.3 Å². The fourth-order valence-electron chi connectivity index (χ4n) is 2.94. The van der Waals surface area contributed by atoms with Gasteiger partial charge in [0, 0.05) is 23.5 Å². The maximum atomic E-state index is 12.8. The average molecular weight is 367 g/mol. The maximum absolute atomic E-state index is 12.8. The Morgan fingerprint density at radius 1 is 1.11 bits per heavy atom. The van der Waals surface area contributed by atoms with Crippen LogP contribution >= 0.6 is 0 Å². The van der Waals surface area contributed by atoms with E-state index >= 15 is 0 Å². The first-order valence-electron chi connectivity index (χ1n) is 8.79. The Balaban J connectivity index is 1.68. The number of amides is 3. The number of hydrogen-bond donors (Lipinski definition) is 2. The fraction of sp³-hybridized carbons (Fsp3) is 0.250. The first-order valence-corrected chi connectivity index (χ1v) is 8.79. The molecule has 0 aromatic heterocycles. The van der Waals surface area contributed by atoms with E-state index in [0.717, 1.165) is 17.7 Å². The molecule has 0 saturated heterocycles. The van der Waals surface area contributed by atoms with Crippen molar-refractivity contribution in [2.45, 2.75) is 13.3 Å². The Labute approximate surface area is 157 Å². The number of urea groups is 1. The second kappa shape index (κ2) is 8.35. The molecule has 2 N–H and O–H groups in total. The van der Waals surface area contributed by atoms with Gasteiger partial charge in [0.05, 0.1) is 6.61 Å². The molecule has 3 rings (SSSR count). The molecule has 0 saturated carbocycles. The zero-order valence-electron chi connectivity index (χ0n) is 15.0. The van der Waals surface area contributed by atoms with Crippen LogP contribution in [0.15, 0.2) is 48.5 Å². The minimum Gasteiger partial charge on any atom is -0.465 e. The first-order chi connectivity index (χ1) is 13.1. The minimum absolute atomic E-state index is 0.0711. The lowest BCUT2D eigenvalue weighted by molar-refractivity contribution is -0.141. The average Bonchev–Trinajstić information content (AvgIpc) is 3.10. The second-order valence-electron chi connectivity index (χ2n) is 6.03. The van der Waals surface area contributed by atoms with Gasteiger partial charge >= 0.3 is 12.0 Å². The lowest BCUT2D eigenvalue weighted by Gasteiger charge is -2.18.